The van der Waals surface area contributed by atoms with Crippen LogP contribution in [0.15, 0.2) is 54.6 Å². The second-order valence-electron chi connectivity index (χ2n) is 6.90. The number of aromatic nitrogens is 2. The van der Waals surface area contributed by atoms with E-state index in [0.29, 0.717) is 0 Å². The average molecular weight is 363 g/mol. The van der Waals surface area contributed by atoms with Crippen molar-refractivity contribution in [2.24, 2.45) is 0 Å². The second kappa shape index (κ2) is 7.84. The highest BCUT2D eigenvalue weighted by atomic mass is 16.5. The first-order chi connectivity index (χ1) is 13.2. The van der Waals surface area contributed by atoms with E-state index in [9.17, 15) is 0 Å². The Morgan fingerprint density at radius 1 is 0.963 bits per heavy atom. The lowest BCUT2D eigenvalue weighted by Gasteiger charge is -2.28. The van der Waals surface area contributed by atoms with Crippen LogP contribution in [0.25, 0.3) is 0 Å². The monoisotopic (exact) mass is 363 g/mol. The van der Waals surface area contributed by atoms with E-state index in [4.69, 9.17) is 14.6 Å². The Kier molecular flexibility index (Phi) is 5.12. The largest absolute Gasteiger partial charge is 0.497 e. The van der Waals surface area contributed by atoms with Gasteiger partial charge in [-0.15, -0.1) is 0 Å². The van der Waals surface area contributed by atoms with Gasteiger partial charge in [0, 0.05) is 37.7 Å². The average Bonchev–Trinajstić information content (AvgIpc) is 3.10. The second-order valence-corrected chi connectivity index (χ2v) is 6.90. The van der Waals surface area contributed by atoms with E-state index in [-0.39, 0.29) is 0 Å². The Balaban J connectivity index is 1.46. The van der Waals surface area contributed by atoms with Gasteiger partial charge in [0.2, 0.25) is 0 Å². The molecule has 0 spiro atoms. The molecule has 0 fully saturated rings. The Labute approximate surface area is 160 Å². The molecular weight excluding hydrogens is 338 g/mol. The van der Waals surface area contributed by atoms with Gasteiger partial charge in [0.15, 0.2) is 0 Å². The molecule has 140 valence electrons. The predicted molar refractivity (Wildman–Crippen MR) is 105 cm³/mol. The Morgan fingerprint density at radius 2 is 1.81 bits per heavy atom. The molecule has 0 bridgehead atoms. The zero-order valence-electron chi connectivity index (χ0n) is 15.9. The van der Waals surface area contributed by atoms with Crippen LogP contribution in [-0.2, 0) is 26.1 Å². The van der Waals surface area contributed by atoms with Crippen molar-refractivity contribution in [3.8, 4) is 11.5 Å². The summed E-state index contributed by atoms with van der Waals surface area (Å²) in [7, 11) is 3.38. The molecule has 0 N–H and O–H groups in total. The molecule has 2 aromatic carbocycles. The molecule has 0 aliphatic carbocycles. The van der Waals surface area contributed by atoms with Gasteiger partial charge in [-0.2, -0.15) is 5.10 Å². The van der Waals surface area contributed by atoms with Crippen LogP contribution in [0.1, 0.15) is 22.5 Å². The normalized spacial score (nSPS) is 14.0. The van der Waals surface area contributed by atoms with Gasteiger partial charge in [-0.25, -0.2) is 0 Å². The first kappa shape index (κ1) is 17.6. The Bertz CT molecular complexity index is 905. The third-order valence-electron chi connectivity index (χ3n) is 5.04. The number of hydrogen-bond donors (Lipinski definition) is 0. The fourth-order valence-corrected chi connectivity index (χ4v) is 3.63. The van der Waals surface area contributed by atoms with Crippen molar-refractivity contribution in [2.45, 2.75) is 26.1 Å². The Hall–Kier alpha value is -2.79. The maximum atomic E-state index is 5.55. The van der Waals surface area contributed by atoms with Gasteiger partial charge in [-0.05, 0) is 17.7 Å². The van der Waals surface area contributed by atoms with Crippen molar-refractivity contribution in [1.82, 2.24) is 14.7 Å². The zero-order chi connectivity index (χ0) is 18.6. The summed E-state index contributed by atoms with van der Waals surface area (Å²) < 4.78 is 13.0. The van der Waals surface area contributed by atoms with E-state index in [2.05, 4.69) is 46.0 Å². The van der Waals surface area contributed by atoms with E-state index in [1.54, 1.807) is 14.2 Å². The molecule has 0 saturated carbocycles. The summed E-state index contributed by atoms with van der Waals surface area (Å²) in [5.41, 5.74) is 4.89. The van der Waals surface area contributed by atoms with Crippen LogP contribution in [0.5, 0.6) is 11.5 Å². The highest BCUT2D eigenvalue weighted by Crippen LogP contribution is 2.27. The predicted octanol–water partition coefficient (Wildman–Crippen LogP) is 3.51. The van der Waals surface area contributed by atoms with Crippen LogP contribution in [0.3, 0.4) is 0 Å². The van der Waals surface area contributed by atoms with Gasteiger partial charge >= 0.3 is 0 Å². The zero-order valence-corrected chi connectivity index (χ0v) is 15.9. The van der Waals surface area contributed by atoms with E-state index in [0.717, 1.165) is 49.8 Å². The van der Waals surface area contributed by atoms with Crippen LogP contribution >= 0.6 is 0 Å². The third-order valence-corrected chi connectivity index (χ3v) is 5.04. The molecule has 27 heavy (non-hydrogen) atoms. The first-order valence-electron chi connectivity index (χ1n) is 9.28. The van der Waals surface area contributed by atoms with Crippen molar-refractivity contribution in [3.63, 3.8) is 0 Å². The molecular formula is C22H25N3O2. The summed E-state index contributed by atoms with van der Waals surface area (Å²) in [5.74, 6) is 1.69. The van der Waals surface area contributed by atoms with Gasteiger partial charge in [0.25, 0.3) is 0 Å². The van der Waals surface area contributed by atoms with Crippen molar-refractivity contribution in [1.29, 1.82) is 0 Å². The molecule has 0 saturated heterocycles. The fourth-order valence-electron chi connectivity index (χ4n) is 3.63. The quantitative estimate of drug-likeness (QED) is 0.672. The van der Waals surface area contributed by atoms with E-state index in [1.165, 1.54) is 16.8 Å². The van der Waals surface area contributed by atoms with Crippen LogP contribution in [0.2, 0.25) is 0 Å². The maximum absolute atomic E-state index is 5.55. The molecule has 0 unspecified atom stereocenters. The molecule has 3 aromatic rings. The highest BCUT2D eigenvalue weighted by Gasteiger charge is 2.20. The van der Waals surface area contributed by atoms with E-state index < -0.39 is 0 Å². The topological polar surface area (TPSA) is 39.5 Å². The molecule has 5 nitrogen and oxygen atoms in total. The number of rotatable bonds is 6. The number of hydrogen-bond acceptors (Lipinski definition) is 4. The minimum absolute atomic E-state index is 0.817. The summed E-state index contributed by atoms with van der Waals surface area (Å²) in [6.45, 7) is 3.65. The minimum atomic E-state index is 0.817. The van der Waals surface area contributed by atoms with E-state index in [1.807, 2.05) is 18.2 Å². The summed E-state index contributed by atoms with van der Waals surface area (Å²) in [4.78, 5) is 2.44. The number of methoxy groups -OCH3 is 2. The lowest BCUT2D eigenvalue weighted by Crippen LogP contribution is -2.33. The van der Waals surface area contributed by atoms with E-state index >= 15 is 0 Å². The molecule has 2 heterocycles. The van der Waals surface area contributed by atoms with Crippen molar-refractivity contribution >= 4 is 0 Å². The molecule has 1 aliphatic rings. The third kappa shape index (κ3) is 3.98. The SMILES string of the molecule is COc1ccc(CN2CCn3nc(Cc4ccccc4)cc3C2)c(OC)c1. The molecule has 0 atom stereocenters. The lowest BCUT2D eigenvalue weighted by atomic mass is 10.1. The van der Waals surface area contributed by atoms with Gasteiger partial charge in [-0.1, -0.05) is 36.4 Å². The number of benzene rings is 2. The van der Waals surface area contributed by atoms with Crippen molar-refractivity contribution in [2.75, 3.05) is 20.8 Å². The van der Waals surface area contributed by atoms with Crippen molar-refractivity contribution in [3.05, 3.63) is 77.1 Å². The summed E-state index contributed by atoms with van der Waals surface area (Å²) in [6.07, 6.45) is 0.882. The molecule has 5 heteroatoms. The Morgan fingerprint density at radius 3 is 2.59 bits per heavy atom. The number of fused-ring (bicyclic) bond motifs is 1. The molecule has 1 aliphatic heterocycles. The summed E-state index contributed by atoms with van der Waals surface area (Å²) in [6, 6.07) is 18.8. The van der Waals surface area contributed by atoms with Crippen LogP contribution in [-0.4, -0.2) is 35.4 Å². The standard InChI is InChI=1S/C22H25N3O2/c1-26-21-9-8-18(22(14-21)27-2)15-24-10-11-25-20(16-24)13-19(23-25)12-17-6-4-3-5-7-17/h3-9,13-14H,10-12,15-16H2,1-2H3. The lowest BCUT2D eigenvalue weighted by molar-refractivity contribution is 0.202. The molecule has 0 radical (unpaired) electrons. The number of ether oxygens (including phenoxy) is 2. The first-order valence-corrected chi connectivity index (χ1v) is 9.28. The highest BCUT2D eigenvalue weighted by molar-refractivity contribution is 5.40. The summed E-state index contributed by atoms with van der Waals surface area (Å²) in [5, 5.41) is 4.79. The summed E-state index contributed by atoms with van der Waals surface area (Å²) >= 11 is 0. The minimum Gasteiger partial charge on any atom is -0.497 e. The van der Waals surface area contributed by atoms with Crippen LogP contribution in [0, 0.1) is 0 Å². The van der Waals surface area contributed by atoms with Crippen LogP contribution in [0.4, 0.5) is 0 Å². The molecule has 1 aromatic heterocycles. The molecule has 0 amide bonds. The number of nitrogens with zero attached hydrogens (tertiary/aromatic N) is 3. The van der Waals surface area contributed by atoms with Crippen LogP contribution < -0.4 is 9.47 Å². The fraction of sp³-hybridized carbons (Fsp3) is 0.318. The smallest absolute Gasteiger partial charge is 0.127 e. The van der Waals surface area contributed by atoms with Gasteiger partial charge in [0.1, 0.15) is 11.5 Å². The van der Waals surface area contributed by atoms with Gasteiger partial charge in [0.05, 0.1) is 32.2 Å². The molecule has 4 rings (SSSR count). The van der Waals surface area contributed by atoms with Crippen molar-refractivity contribution < 1.29 is 9.47 Å². The van der Waals surface area contributed by atoms with Gasteiger partial charge in [-0.3, -0.25) is 9.58 Å². The maximum Gasteiger partial charge on any atom is 0.127 e. The van der Waals surface area contributed by atoms with Gasteiger partial charge < -0.3 is 9.47 Å².